The van der Waals surface area contributed by atoms with Crippen LogP contribution in [-0.4, -0.2) is 52.1 Å². The fraction of sp³-hybridized carbons (Fsp3) is 0.393. The molecule has 3 N–H and O–H groups in total. The number of ether oxygens (including phenoxy) is 2. The molecular formula is C28H33FN3O8P. The first kappa shape index (κ1) is 30.5. The molecule has 0 aliphatic carbocycles. The van der Waals surface area contributed by atoms with E-state index in [1.807, 2.05) is 6.07 Å². The molecule has 1 fully saturated rings. The third kappa shape index (κ3) is 7.87. The van der Waals surface area contributed by atoms with Crippen LogP contribution in [0.1, 0.15) is 32.6 Å². The van der Waals surface area contributed by atoms with E-state index in [1.54, 1.807) is 58.0 Å². The molecule has 0 spiro atoms. The van der Waals surface area contributed by atoms with Crippen molar-refractivity contribution in [1.82, 2.24) is 14.6 Å². The first-order valence-corrected chi connectivity index (χ1v) is 14.2. The van der Waals surface area contributed by atoms with E-state index >= 15 is 0 Å². The van der Waals surface area contributed by atoms with Crippen LogP contribution in [0.4, 0.5) is 4.39 Å². The molecule has 2 aromatic carbocycles. The van der Waals surface area contributed by atoms with E-state index in [4.69, 9.17) is 18.5 Å². The second-order valence-electron chi connectivity index (χ2n) is 9.94. The lowest BCUT2D eigenvalue weighted by molar-refractivity contribution is -0.145. The van der Waals surface area contributed by atoms with Gasteiger partial charge in [-0.15, -0.1) is 0 Å². The van der Waals surface area contributed by atoms with Crippen LogP contribution in [0.2, 0.25) is 0 Å². The molecule has 3 aromatic rings. The van der Waals surface area contributed by atoms with Crippen molar-refractivity contribution < 1.29 is 32.8 Å². The summed E-state index contributed by atoms with van der Waals surface area (Å²) < 4.78 is 38.2. The molecule has 1 aliphatic heterocycles. The summed E-state index contributed by atoms with van der Waals surface area (Å²) in [6.07, 6.45) is -1.64. The molecule has 41 heavy (non-hydrogen) atoms. The number of rotatable bonds is 11. The predicted octanol–water partition coefficient (Wildman–Crippen LogP) is 3.41. The van der Waals surface area contributed by atoms with Crippen molar-refractivity contribution in [3.8, 4) is 16.9 Å². The Hall–Kier alpha value is -3.41. The molecule has 1 aromatic heterocycles. The van der Waals surface area contributed by atoms with Gasteiger partial charge >= 0.3 is 20.2 Å². The smallest absolute Gasteiger partial charge is 0.330 e. The van der Waals surface area contributed by atoms with E-state index in [9.17, 15) is 23.9 Å². The van der Waals surface area contributed by atoms with Crippen LogP contribution in [0.15, 0.2) is 64.3 Å². The number of nitrogens with zero attached hydrogens (tertiary/aromatic N) is 1. The van der Waals surface area contributed by atoms with Crippen LogP contribution >= 0.6 is 8.53 Å². The summed E-state index contributed by atoms with van der Waals surface area (Å²) >= 11 is 0. The van der Waals surface area contributed by atoms with Gasteiger partial charge in [0.2, 0.25) is 0 Å². The number of H-pyrrole nitrogens is 1. The Balaban J connectivity index is 1.44. The minimum absolute atomic E-state index is 0.126. The third-order valence-corrected chi connectivity index (χ3v) is 7.61. The maximum Gasteiger partial charge on any atom is 0.330 e. The number of benzene rings is 2. The summed E-state index contributed by atoms with van der Waals surface area (Å²) in [7, 11) is -1.91. The Bertz CT molecular complexity index is 1460. The molecule has 1 saturated heterocycles. The standard InChI is InChI=1S/C28H33FN3O8P/c1-16(2)38-25(34)14-30-41(40-21-9-7-19(8-10-21)20-6-5-17(3)22(29)13-20)37-15-23-26(35)18(4)27(39-23)32-12-11-24(33)31-28(32)36/h5-13,16,18,23,26-27,30,35H,14-15H2,1-4H3,(H,31,33,36)/t18?,23?,26-,27?,41?/m0/s1. The Morgan fingerprint density at radius 3 is 2.54 bits per heavy atom. The number of aliphatic hydroxyl groups is 1. The van der Waals surface area contributed by atoms with E-state index in [0.29, 0.717) is 16.9 Å². The molecular weight excluding hydrogens is 556 g/mol. The Labute approximate surface area is 237 Å². The molecule has 1 aliphatic rings. The number of hydrogen-bond acceptors (Lipinski definition) is 9. The van der Waals surface area contributed by atoms with Gasteiger partial charge in [0.15, 0.2) is 0 Å². The number of carbonyl (C=O) groups is 1. The highest BCUT2D eigenvalue weighted by molar-refractivity contribution is 7.45. The fourth-order valence-electron chi connectivity index (χ4n) is 4.23. The van der Waals surface area contributed by atoms with Gasteiger partial charge in [0.1, 0.15) is 30.4 Å². The van der Waals surface area contributed by atoms with E-state index < -0.39 is 50.1 Å². The highest BCUT2D eigenvalue weighted by Crippen LogP contribution is 2.39. The van der Waals surface area contributed by atoms with Crippen LogP contribution in [0.3, 0.4) is 0 Å². The Morgan fingerprint density at radius 2 is 1.88 bits per heavy atom. The molecule has 11 nitrogen and oxygen atoms in total. The van der Waals surface area contributed by atoms with Gasteiger partial charge in [-0.05, 0) is 55.7 Å². The van der Waals surface area contributed by atoms with Crippen molar-refractivity contribution in [2.75, 3.05) is 13.2 Å². The van der Waals surface area contributed by atoms with E-state index in [2.05, 4.69) is 10.1 Å². The second kappa shape index (κ2) is 13.5. The summed E-state index contributed by atoms with van der Waals surface area (Å²) in [6.45, 7) is 6.57. The third-order valence-electron chi connectivity index (χ3n) is 6.43. The van der Waals surface area contributed by atoms with Crippen LogP contribution < -0.4 is 20.9 Å². The van der Waals surface area contributed by atoms with Crippen molar-refractivity contribution in [2.24, 2.45) is 5.92 Å². The summed E-state index contributed by atoms with van der Waals surface area (Å²) in [5.41, 5.74) is 0.860. The van der Waals surface area contributed by atoms with Crippen molar-refractivity contribution in [1.29, 1.82) is 0 Å². The van der Waals surface area contributed by atoms with E-state index in [-0.39, 0.29) is 25.1 Å². The zero-order chi connectivity index (χ0) is 29.7. The predicted molar refractivity (Wildman–Crippen MR) is 150 cm³/mol. The van der Waals surface area contributed by atoms with Gasteiger partial charge in [0, 0.05) is 18.2 Å². The summed E-state index contributed by atoms with van der Waals surface area (Å²) in [4.78, 5) is 38.0. The van der Waals surface area contributed by atoms with Crippen LogP contribution in [0, 0.1) is 18.7 Å². The summed E-state index contributed by atoms with van der Waals surface area (Å²) in [5, 5.41) is 13.7. The van der Waals surface area contributed by atoms with Crippen LogP contribution in [-0.2, 0) is 18.8 Å². The number of carbonyl (C=O) groups excluding carboxylic acids is 1. The van der Waals surface area contributed by atoms with Gasteiger partial charge in [0.05, 0.1) is 18.8 Å². The number of nitrogens with one attached hydrogen (secondary N) is 2. The highest BCUT2D eigenvalue weighted by Gasteiger charge is 2.43. The lowest BCUT2D eigenvalue weighted by Crippen LogP contribution is -2.33. The molecule has 0 amide bonds. The van der Waals surface area contributed by atoms with Gasteiger partial charge in [-0.25, -0.2) is 14.3 Å². The molecule has 0 bridgehead atoms. The number of halogens is 1. The number of aromatic nitrogens is 2. The molecule has 13 heteroatoms. The number of esters is 1. The fourth-order valence-corrected chi connectivity index (χ4v) is 5.29. The molecule has 2 heterocycles. The molecule has 0 radical (unpaired) electrons. The first-order valence-electron chi connectivity index (χ1n) is 13.1. The molecule has 0 saturated carbocycles. The quantitative estimate of drug-likeness (QED) is 0.227. The van der Waals surface area contributed by atoms with Crippen molar-refractivity contribution in [3.05, 3.63) is 86.9 Å². The number of aliphatic hydroxyl groups excluding tert-OH is 1. The maximum atomic E-state index is 14.0. The lowest BCUT2D eigenvalue weighted by Gasteiger charge is -2.22. The number of hydrogen-bond donors (Lipinski definition) is 3. The number of aryl methyl sites for hydroxylation is 1. The van der Waals surface area contributed by atoms with Crippen molar-refractivity contribution in [3.63, 3.8) is 0 Å². The second-order valence-corrected chi connectivity index (χ2v) is 11.2. The number of aromatic amines is 1. The first-order chi connectivity index (χ1) is 19.5. The van der Waals surface area contributed by atoms with E-state index in [1.165, 1.54) is 22.9 Å². The molecule has 5 atom stereocenters. The minimum Gasteiger partial charge on any atom is -0.462 e. The lowest BCUT2D eigenvalue weighted by atomic mass is 10.0. The zero-order valence-corrected chi connectivity index (χ0v) is 24.0. The minimum atomic E-state index is -1.91. The summed E-state index contributed by atoms with van der Waals surface area (Å²) in [5.74, 6) is -0.862. The van der Waals surface area contributed by atoms with Gasteiger partial charge in [0.25, 0.3) is 5.56 Å². The van der Waals surface area contributed by atoms with Crippen LogP contribution in [0.5, 0.6) is 5.75 Å². The molecule has 4 unspecified atom stereocenters. The van der Waals surface area contributed by atoms with E-state index in [0.717, 1.165) is 5.56 Å². The monoisotopic (exact) mass is 589 g/mol. The van der Waals surface area contributed by atoms with Crippen molar-refractivity contribution >= 4 is 14.5 Å². The van der Waals surface area contributed by atoms with Gasteiger partial charge in [-0.1, -0.05) is 31.2 Å². The van der Waals surface area contributed by atoms with Gasteiger partial charge in [-0.2, -0.15) is 0 Å². The largest absolute Gasteiger partial charge is 0.462 e. The SMILES string of the molecule is Cc1ccc(-c2ccc(OP(NCC(=O)OC(C)C)OCC3OC(n4ccc(=O)[nH]c4=O)C(C)[C@@H]3O)cc2)cc1F. The Morgan fingerprint density at radius 1 is 1.17 bits per heavy atom. The van der Waals surface area contributed by atoms with Gasteiger partial charge < -0.3 is 23.6 Å². The molecule has 220 valence electrons. The maximum absolute atomic E-state index is 14.0. The average molecular weight is 590 g/mol. The Kier molecular flexibility index (Phi) is 10.1. The zero-order valence-electron chi connectivity index (χ0n) is 23.1. The average Bonchev–Trinajstić information content (AvgIpc) is 3.20. The molecule has 4 rings (SSSR count). The normalized spacial score (nSPS) is 21.1. The van der Waals surface area contributed by atoms with Gasteiger partial charge in [-0.3, -0.25) is 19.1 Å². The highest BCUT2D eigenvalue weighted by atomic mass is 31.2. The van der Waals surface area contributed by atoms with Crippen LogP contribution in [0.25, 0.3) is 11.1 Å². The summed E-state index contributed by atoms with van der Waals surface area (Å²) in [6, 6.07) is 13.1. The topological polar surface area (TPSA) is 141 Å². The van der Waals surface area contributed by atoms with Crippen molar-refractivity contribution in [2.45, 2.75) is 52.2 Å².